The molecule has 0 unspecified atom stereocenters. The topological polar surface area (TPSA) is 53.1 Å². The molecular weight excluding hydrogens is 142 g/mol. The van der Waals surface area contributed by atoms with E-state index in [2.05, 4.69) is 11.9 Å². The predicted octanol–water partition coefficient (Wildman–Crippen LogP) is 1.67. The maximum Gasteiger partial charge on any atom is 0.352 e. The zero-order chi connectivity index (χ0) is 8.27. The smallest absolute Gasteiger partial charge is 0.352 e. The molecule has 0 fully saturated rings. The van der Waals surface area contributed by atoms with Crippen LogP contribution in [0.1, 0.15) is 29.5 Å². The highest BCUT2D eigenvalue weighted by Crippen LogP contribution is 2.03. The summed E-state index contributed by atoms with van der Waals surface area (Å²) in [4.78, 5) is 13.2. The first-order valence-corrected chi connectivity index (χ1v) is 3.65. The van der Waals surface area contributed by atoms with Crippen molar-refractivity contribution >= 4 is 5.97 Å². The molecule has 3 heteroatoms. The van der Waals surface area contributed by atoms with Gasteiger partial charge < -0.3 is 10.1 Å². The van der Waals surface area contributed by atoms with E-state index in [0.29, 0.717) is 0 Å². The van der Waals surface area contributed by atoms with E-state index in [1.165, 1.54) is 0 Å². The van der Waals surface area contributed by atoms with Gasteiger partial charge in [-0.2, -0.15) is 0 Å². The molecule has 0 saturated heterocycles. The van der Waals surface area contributed by atoms with Crippen LogP contribution >= 0.6 is 0 Å². The number of H-pyrrole nitrogens is 1. The van der Waals surface area contributed by atoms with E-state index < -0.39 is 5.97 Å². The first-order valence-electron chi connectivity index (χ1n) is 3.65. The Morgan fingerprint density at radius 1 is 1.64 bits per heavy atom. The van der Waals surface area contributed by atoms with Gasteiger partial charge in [-0.15, -0.1) is 0 Å². The van der Waals surface area contributed by atoms with Crippen LogP contribution in [0.3, 0.4) is 0 Å². The van der Waals surface area contributed by atoms with Crippen LogP contribution in [0.15, 0.2) is 12.1 Å². The van der Waals surface area contributed by atoms with Gasteiger partial charge in [-0.1, -0.05) is 13.3 Å². The van der Waals surface area contributed by atoms with Gasteiger partial charge in [-0.25, -0.2) is 4.79 Å². The molecule has 0 aromatic carbocycles. The average Bonchev–Trinajstić information content (AvgIpc) is 2.37. The Morgan fingerprint density at radius 3 is 2.82 bits per heavy atom. The van der Waals surface area contributed by atoms with Crippen molar-refractivity contribution in [1.82, 2.24) is 4.98 Å². The van der Waals surface area contributed by atoms with E-state index in [9.17, 15) is 4.79 Å². The average molecular weight is 153 g/mol. The maximum atomic E-state index is 10.4. The van der Waals surface area contributed by atoms with Gasteiger partial charge >= 0.3 is 5.97 Å². The summed E-state index contributed by atoms with van der Waals surface area (Å²) in [6, 6.07) is 3.40. The van der Waals surface area contributed by atoms with E-state index in [1.54, 1.807) is 6.07 Å². The molecule has 0 amide bonds. The van der Waals surface area contributed by atoms with Gasteiger partial charge in [0.1, 0.15) is 5.69 Å². The minimum Gasteiger partial charge on any atom is -0.477 e. The number of carboxylic acid groups (broad SMARTS) is 1. The lowest BCUT2D eigenvalue weighted by Gasteiger charge is -1.90. The lowest BCUT2D eigenvalue weighted by molar-refractivity contribution is 0.0691. The number of aromatic nitrogens is 1. The van der Waals surface area contributed by atoms with Crippen molar-refractivity contribution in [2.45, 2.75) is 19.8 Å². The van der Waals surface area contributed by atoms with Crippen molar-refractivity contribution in [3.63, 3.8) is 0 Å². The third-order valence-electron chi connectivity index (χ3n) is 1.50. The molecule has 1 rings (SSSR count). The normalized spacial score (nSPS) is 9.91. The molecule has 1 aromatic heterocycles. The second-order valence-corrected chi connectivity index (χ2v) is 2.45. The molecule has 0 radical (unpaired) electrons. The first kappa shape index (κ1) is 7.85. The fourth-order valence-corrected chi connectivity index (χ4v) is 0.980. The van der Waals surface area contributed by atoms with E-state index in [-0.39, 0.29) is 5.69 Å². The van der Waals surface area contributed by atoms with Gasteiger partial charge in [0.2, 0.25) is 0 Å². The van der Waals surface area contributed by atoms with Crippen LogP contribution < -0.4 is 0 Å². The number of carboxylic acids is 1. The number of aryl methyl sites for hydroxylation is 1. The van der Waals surface area contributed by atoms with Gasteiger partial charge in [-0.05, 0) is 18.6 Å². The molecule has 1 aromatic rings. The monoisotopic (exact) mass is 153 g/mol. The second-order valence-electron chi connectivity index (χ2n) is 2.45. The minimum absolute atomic E-state index is 0.272. The van der Waals surface area contributed by atoms with Crippen LogP contribution in [0, 0.1) is 0 Å². The lowest BCUT2D eigenvalue weighted by atomic mass is 10.3. The Hall–Kier alpha value is -1.25. The molecule has 0 aliphatic rings. The predicted molar refractivity (Wildman–Crippen MR) is 41.7 cm³/mol. The molecule has 0 aliphatic heterocycles. The van der Waals surface area contributed by atoms with Crippen LogP contribution in [0.4, 0.5) is 0 Å². The van der Waals surface area contributed by atoms with Crippen LogP contribution in [0.5, 0.6) is 0 Å². The summed E-state index contributed by atoms with van der Waals surface area (Å²) in [6.07, 6.45) is 1.94. The lowest BCUT2D eigenvalue weighted by Crippen LogP contribution is -1.96. The summed E-state index contributed by atoms with van der Waals surface area (Å²) < 4.78 is 0. The van der Waals surface area contributed by atoms with Gasteiger partial charge in [0.05, 0.1) is 0 Å². The Labute approximate surface area is 65.1 Å². The molecule has 0 saturated carbocycles. The second kappa shape index (κ2) is 3.23. The Morgan fingerprint density at radius 2 is 2.36 bits per heavy atom. The van der Waals surface area contributed by atoms with E-state index in [1.807, 2.05) is 6.07 Å². The van der Waals surface area contributed by atoms with Crippen molar-refractivity contribution in [2.24, 2.45) is 0 Å². The van der Waals surface area contributed by atoms with Crippen molar-refractivity contribution in [1.29, 1.82) is 0 Å². The summed E-state index contributed by atoms with van der Waals surface area (Å²) in [5, 5.41) is 8.54. The number of hydrogen-bond acceptors (Lipinski definition) is 1. The fraction of sp³-hybridized carbons (Fsp3) is 0.375. The highest BCUT2D eigenvalue weighted by molar-refractivity contribution is 5.85. The SMILES string of the molecule is CCCc1ccc(C(=O)O)[nH]1. The van der Waals surface area contributed by atoms with E-state index in [0.717, 1.165) is 18.5 Å². The number of aromatic amines is 1. The van der Waals surface area contributed by atoms with Gasteiger partial charge in [0.15, 0.2) is 0 Å². The molecule has 2 N–H and O–H groups in total. The van der Waals surface area contributed by atoms with Gasteiger partial charge in [0.25, 0.3) is 0 Å². The number of nitrogens with one attached hydrogen (secondary N) is 1. The van der Waals surface area contributed by atoms with Gasteiger partial charge in [0, 0.05) is 5.69 Å². The molecule has 0 aliphatic carbocycles. The van der Waals surface area contributed by atoms with Crippen LogP contribution in [-0.2, 0) is 6.42 Å². The Kier molecular flexibility index (Phi) is 2.31. The van der Waals surface area contributed by atoms with Crippen LogP contribution in [0.25, 0.3) is 0 Å². The van der Waals surface area contributed by atoms with Gasteiger partial charge in [-0.3, -0.25) is 0 Å². The summed E-state index contributed by atoms with van der Waals surface area (Å²) >= 11 is 0. The standard InChI is InChI=1S/C8H11NO2/c1-2-3-6-4-5-7(9-6)8(10)11/h4-5,9H,2-3H2,1H3,(H,10,11). The fourth-order valence-electron chi connectivity index (χ4n) is 0.980. The maximum absolute atomic E-state index is 10.4. The molecule has 11 heavy (non-hydrogen) atoms. The van der Waals surface area contributed by atoms with E-state index in [4.69, 9.17) is 5.11 Å². The first-order chi connectivity index (χ1) is 5.24. The molecule has 0 bridgehead atoms. The summed E-state index contributed by atoms with van der Waals surface area (Å²) in [5.41, 5.74) is 1.26. The summed E-state index contributed by atoms with van der Waals surface area (Å²) in [7, 11) is 0. The minimum atomic E-state index is -0.896. The Bertz CT molecular complexity index is 252. The molecular formula is C8H11NO2. The number of hydrogen-bond donors (Lipinski definition) is 2. The Balaban J connectivity index is 2.73. The van der Waals surface area contributed by atoms with Crippen LogP contribution in [0.2, 0.25) is 0 Å². The zero-order valence-electron chi connectivity index (χ0n) is 6.42. The molecule has 0 spiro atoms. The number of aromatic carboxylic acids is 1. The van der Waals surface area contributed by atoms with Crippen molar-refractivity contribution in [3.05, 3.63) is 23.5 Å². The molecule has 1 heterocycles. The zero-order valence-corrected chi connectivity index (χ0v) is 6.42. The third-order valence-corrected chi connectivity index (χ3v) is 1.50. The highest BCUT2D eigenvalue weighted by atomic mass is 16.4. The molecule has 60 valence electrons. The van der Waals surface area contributed by atoms with E-state index >= 15 is 0 Å². The van der Waals surface area contributed by atoms with Crippen molar-refractivity contribution in [3.8, 4) is 0 Å². The third kappa shape index (κ3) is 1.83. The van der Waals surface area contributed by atoms with Crippen molar-refractivity contribution in [2.75, 3.05) is 0 Å². The molecule has 3 nitrogen and oxygen atoms in total. The van der Waals surface area contributed by atoms with Crippen molar-refractivity contribution < 1.29 is 9.90 Å². The largest absolute Gasteiger partial charge is 0.477 e. The number of carbonyl (C=O) groups is 1. The highest BCUT2D eigenvalue weighted by Gasteiger charge is 2.03. The number of rotatable bonds is 3. The summed E-state index contributed by atoms with van der Waals surface area (Å²) in [6.45, 7) is 2.06. The molecule has 0 atom stereocenters. The summed E-state index contributed by atoms with van der Waals surface area (Å²) in [5.74, 6) is -0.896. The quantitative estimate of drug-likeness (QED) is 0.693. The van der Waals surface area contributed by atoms with Crippen LogP contribution in [-0.4, -0.2) is 16.1 Å².